The van der Waals surface area contributed by atoms with E-state index in [0.717, 1.165) is 19.3 Å². The largest absolute Gasteiger partial charge is 0.462 e. The van der Waals surface area contributed by atoms with Crippen molar-refractivity contribution < 1.29 is 14.3 Å². The Kier molecular flexibility index (Phi) is 7.46. The van der Waals surface area contributed by atoms with Crippen molar-refractivity contribution in [1.29, 1.82) is 0 Å². The maximum atomic E-state index is 11.9. The Labute approximate surface area is 125 Å². The van der Waals surface area contributed by atoms with Crippen molar-refractivity contribution in [2.45, 2.75) is 45.6 Å². The standard InChI is InChI=1S/C16H24N2O3/c1-3-5-6-14(17)15(19)18-13-9-7-12(8-10-13)16(20)21-11-4-2/h7-10,14H,3-6,11,17H2,1-2H3,(H,18,19). The van der Waals surface area contributed by atoms with Crippen LogP contribution in [0.25, 0.3) is 0 Å². The highest BCUT2D eigenvalue weighted by Crippen LogP contribution is 2.11. The molecule has 5 nitrogen and oxygen atoms in total. The van der Waals surface area contributed by atoms with E-state index in [2.05, 4.69) is 12.2 Å². The van der Waals surface area contributed by atoms with Gasteiger partial charge in [0.25, 0.3) is 0 Å². The number of nitrogens with one attached hydrogen (secondary N) is 1. The van der Waals surface area contributed by atoms with Crippen molar-refractivity contribution in [3.05, 3.63) is 29.8 Å². The Balaban J connectivity index is 2.54. The molecule has 1 unspecified atom stereocenters. The molecule has 0 saturated heterocycles. The lowest BCUT2D eigenvalue weighted by atomic mass is 10.1. The highest BCUT2D eigenvalue weighted by Gasteiger charge is 2.13. The average molecular weight is 292 g/mol. The number of carbonyl (C=O) groups is 2. The average Bonchev–Trinajstić information content (AvgIpc) is 2.50. The van der Waals surface area contributed by atoms with Crippen LogP contribution in [0, 0.1) is 0 Å². The van der Waals surface area contributed by atoms with Gasteiger partial charge < -0.3 is 15.8 Å². The van der Waals surface area contributed by atoms with Gasteiger partial charge in [-0.05, 0) is 37.1 Å². The van der Waals surface area contributed by atoms with E-state index in [1.165, 1.54) is 0 Å². The number of unbranched alkanes of at least 4 members (excludes halogenated alkanes) is 1. The number of hydrogen-bond donors (Lipinski definition) is 2. The number of carbonyl (C=O) groups excluding carboxylic acids is 2. The van der Waals surface area contributed by atoms with Crippen LogP contribution in [0.5, 0.6) is 0 Å². The van der Waals surface area contributed by atoms with Crippen LogP contribution in [0.2, 0.25) is 0 Å². The van der Waals surface area contributed by atoms with Gasteiger partial charge in [-0.2, -0.15) is 0 Å². The van der Waals surface area contributed by atoms with Gasteiger partial charge in [0, 0.05) is 5.69 Å². The number of anilines is 1. The van der Waals surface area contributed by atoms with Crippen molar-refractivity contribution in [3.8, 4) is 0 Å². The lowest BCUT2D eigenvalue weighted by Crippen LogP contribution is -2.35. The van der Waals surface area contributed by atoms with Crippen LogP contribution >= 0.6 is 0 Å². The van der Waals surface area contributed by atoms with Crippen LogP contribution in [0.1, 0.15) is 49.9 Å². The minimum Gasteiger partial charge on any atom is -0.462 e. The van der Waals surface area contributed by atoms with Crippen molar-refractivity contribution in [2.75, 3.05) is 11.9 Å². The first kappa shape index (κ1) is 17.2. The van der Waals surface area contributed by atoms with E-state index < -0.39 is 6.04 Å². The SMILES string of the molecule is CCCCC(N)C(=O)Nc1ccc(C(=O)OCCC)cc1. The fraction of sp³-hybridized carbons (Fsp3) is 0.500. The lowest BCUT2D eigenvalue weighted by Gasteiger charge is -2.12. The summed E-state index contributed by atoms with van der Waals surface area (Å²) in [6.45, 7) is 4.40. The molecule has 0 heterocycles. The summed E-state index contributed by atoms with van der Waals surface area (Å²) in [6.07, 6.45) is 3.39. The molecular formula is C16H24N2O3. The van der Waals surface area contributed by atoms with Crippen LogP contribution < -0.4 is 11.1 Å². The Morgan fingerprint density at radius 2 is 1.86 bits per heavy atom. The maximum absolute atomic E-state index is 11.9. The number of nitrogens with two attached hydrogens (primary N) is 1. The Hall–Kier alpha value is -1.88. The fourth-order valence-corrected chi connectivity index (χ4v) is 1.76. The number of hydrogen-bond acceptors (Lipinski definition) is 4. The molecule has 0 aromatic heterocycles. The second-order valence-corrected chi connectivity index (χ2v) is 4.95. The summed E-state index contributed by atoms with van der Waals surface area (Å²) in [6, 6.07) is 6.11. The second kappa shape index (κ2) is 9.13. The third kappa shape index (κ3) is 5.95. The third-order valence-electron chi connectivity index (χ3n) is 3.03. The van der Waals surface area contributed by atoms with Gasteiger partial charge in [0.1, 0.15) is 0 Å². The molecule has 0 saturated carbocycles. The topological polar surface area (TPSA) is 81.4 Å². The first-order chi connectivity index (χ1) is 10.1. The minimum atomic E-state index is -0.501. The summed E-state index contributed by atoms with van der Waals surface area (Å²) in [4.78, 5) is 23.5. The molecule has 0 fully saturated rings. The highest BCUT2D eigenvalue weighted by molar-refractivity contribution is 5.95. The Morgan fingerprint density at radius 3 is 2.43 bits per heavy atom. The van der Waals surface area contributed by atoms with Gasteiger partial charge in [0.2, 0.25) is 5.91 Å². The van der Waals surface area contributed by atoms with Gasteiger partial charge in [0.05, 0.1) is 18.2 Å². The maximum Gasteiger partial charge on any atom is 0.338 e. The number of ether oxygens (including phenoxy) is 1. The highest BCUT2D eigenvalue weighted by atomic mass is 16.5. The monoisotopic (exact) mass is 292 g/mol. The molecule has 0 aliphatic heterocycles. The molecule has 0 aliphatic carbocycles. The molecule has 1 atom stereocenters. The summed E-state index contributed by atoms with van der Waals surface area (Å²) >= 11 is 0. The van der Waals surface area contributed by atoms with E-state index in [9.17, 15) is 9.59 Å². The predicted molar refractivity (Wildman–Crippen MR) is 83.1 cm³/mol. The first-order valence-electron chi connectivity index (χ1n) is 7.42. The van der Waals surface area contributed by atoms with Gasteiger partial charge >= 0.3 is 5.97 Å². The summed E-state index contributed by atoms with van der Waals surface area (Å²) in [7, 11) is 0. The van der Waals surface area contributed by atoms with Crippen LogP contribution in [0.3, 0.4) is 0 Å². The molecule has 1 rings (SSSR count). The van der Waals surface area contributed by atoms with Crippen LogP contribution in [-0.4, -0.2) is 24.5 Å². The van der Waals surface area contributed by atoms with Crippen molar-refractivity contribution >= 4 is 17.6 Å². The molecule has 0 bridgehead atoms. The van der Waals surface area contributed by atoms with Crippen molar-refractivity contribution in [2.24, 2.45) is 5.73 Å². The summed E-state index contributed by atoms with van der Waals surface area (Å²) in [5.74, 6) is -0.556. The molecular weight excluding hydrogens is 268 g/mol. The zero-order chi connectivity index (χ0) is 15.7. The van der Waals surface area contributed by atoms with Gasteiger partial charge in [0.15, 0.2) is 0 Å². The van der Waals surface area contributed by atoms with Gasteiger partial charge in [-0.3, -0.25) is 4.79 Å². The van der Waals surface area contributed by atoms with E-state index in [1.54, 1.807) is 24.3 Å². The van der Waals surface area contributed by atoms with E-state index in [4.69, 9.17) is 10.5 Å². The summed E-state index contributed by atoms with van der Waals surface area (Å²) < 4.78 is 5.03. The lowest BCUT2D eigenvalue weighted by molar-refractivity contribution is -0.117. The summed E-state index contributed by atoms with van der Waals surface area (Å²) in [5.41, 5.74) is 6.89. The number of benzene rings is 1. The van der Waals surface area contributed by atoms with Gasteiger partial charge in [-0.25, -0.2) is 4.79 Å². The zero-order valence-electron chi connectivity index (χ0n) is 12.7. The molecule has 1 aromatic rings. The molecule has 0 aliphatic rings. The number of amides is 1. The number of esters is 1. The van der Waals surface area contributed by atoms with Gasteiger partial charge in [-0.1, -0.05) is 26.7 Å². The Morgan fingerprint density at radius 1 is 1.19 bits per heavy atom. The van der Waals surface area contributed by atoms with Crippen LogP contribution in [0.4, 0.5) is 5.69 Å². The zero-order valence-corrected chi connectivity index (χ0v) is 12.7. The molecule has 3 N–H and O–H groups in total. The van der Waals surface area contributed by atoms with E-state index >= 15 is 0 Å². The van der Waals surface area contributed by atoms with Crippen LogP contribution in [-0.2, 0) is 9.53 Å². The minimum absolute atomic E-state index is 0.204. The quantitative estimate of drug-likeness (QED) is 0.722. The third-order valence-corrected chi connectivity index (χ3v) is 3.03. The molecule has 0 spiro atoms. The predicted octanol–water partition coefficient (Wildman–Crippen LogP) is 2.71. The van der Waals surface area contributed by atoms with Gasteiger partial charge in [-0.15, -0.1) is 0 Å². The molecule has 116 valence electrons. The Bertz CT molecular complexity index is 457. The van der Waals surface area contributed by atoms with Crippen molar-refractivity contribution in [3.63, 3.8) is 0 Å². The molecule has 1 amide bonds. The number of rotatable bonds is 8. The van der Waals surface area contributed by atoms with E-state index in [-0.39, 0.29) is 11.9 Å². The fourth-order valence-electron chi connectivity index (χ4n) is 1.76. The summed E-state index contributed by atoms with van der Waals surface area (Å²) in [5, 5.41) is 2.74. The normalized spacial score (nSPS) is 11.8. The molecule has 21 heavy (non-hydrogen) atoms. The van der Waals surface area contributed by atoms with E-state index in [1.807, 2.05) is 6.92 Å². The first-order valence-corrected chi connectivity index (χ1v) is 7.42. The van der Waals surface area contributed by atoms with Crippen molar-refractivity contribution in [1.82, 2.24) is 0 Å². The van der Waals surface area contributed by atoms with Crippen LogP contribution in [0.15, 0.2) is 24.3 Å². The molecule has 0 radical (unpaired) electrons. The smallest absolute Gasteiger partial charge is 0.338 e. The second-order valence-electron chi connectivity index (χ2n) is 4.95. The molecule has 1 aromatic carbocycles. The molecule has 5 heteroatoms. The van der Waals surface area contributed by atoms with E-state index in [0.29, 0.717) is 24.3 Å².